The van der Waals surface area contributed by atoms with Crippen LogP contribution in [0.4, 0.5) is 8.78 Å². The SMILES string of the molecule is CNCC1(c2ccccc2)Cc2c(cc(F)c(Cl)c2-c2c(C(N)=O)cc3[nH]ccc3c2F)O1. The van der Waals surface area contributed by atoms with Crippen molar-refractivity contribution in [3.05, 3.63) is 88.1 Å². The highest BCUT2D eigenvalue weighted by Gasteiger charge is 2.43. The van der Waals surface area contributed by atoms with E-state index in [-0.39, 0.29) is 39.3 Å². The molecule has 0 radical (unpaired) electrons. The first-order valence-electron chi connectivity index (χ1n) is 10.4. The monoisotopic (exact) mass is 467 g/mol. The first kappa shape index (κ1) is 21.4. The van der Waals surface area contributed by atoms with E-state index in [4.69, 9.17) is 22.1 Å². The second-order valence-corrected chi connectivity index (χ2v) is 8.49. The third kappa shape index (κ3) is 3.27. The number of amides is 1. The topological polar surface area (TPSA) is 80.1 Å². The molecule has 5 nitrogen and oxygen atoms in total. The number of hydrogen-bond acceptors (Lipinski definition) is 3. The molecule has 1 unspecified atom stereocenters. The lowest BCUT2D eigenvalue weighted by Crippen LogP contribution is -2.41. The summed E-state index contributed by atoms with van der Waals surface area (Å²) in [6.07, 6.45) is 1.84. The standard InChI is InChI=1S/C25H20ClF2N3O2/c1-30-12-25(13-5-3-2-4-6-13)11-16-19(33-25)10-17(27)22(26)20(16)21-15(24(29)32)9-18-14(23(21)28)7-8-31-18/h2-10,30-31H,11-12H2,1H3,(H2,29,32). The summed E-state index contributed by atoms with van der Waals surface area (Å²) in [6, 6.07) is 13.7. The number of benzene rings is 3. The van der Waals surface area contributed by atoms with Crippen LogP contribution in [-0.4, -0.2) is 24.5 Å². The van der Waals surface area contributed by atoms with Gasteiger partial charge in [0.15, 0.2) is 5.60 Å². The number of nitrogens with one attached hydrogen (secondary N) is 2. The van der Waals surface area contributed by atoms with Crippen LogP contribution in [0, 0.1) is 11.6 Å². The Kier molecular flexibility index (Phi) is 5.11. The number of rotatable bonds is 5. The Morgan fingerprint density at radius 2 is 1.97 bits per heavy atom. The smallest absolute Gasteiger partial charge is 0.249 e. The van der Waals surface area contributed by atoms with Crippen LogP contribution in [0.2, 0.25) is 5.02 Å². The van der Waals surface area contributed by atoms with Crippen molar-refractivity contribution in [3.8, 4) is 16.9 Å². The van der Waals surface area contributed by atoms with Crippen LogP contribution in [0.3, 0.4) is 0 Å². The van der Waals surface area contributed by atoms with Gasteiger partial charge in [-0.3, -0.25) is 4.79 Å². The molecule has 8 heteroatoms. The number of primary amides is 1. The van der Waals surface area contributed by atoms with Crippen LogP contribution >= 0.6 is 11.6 Å². The number of carbonyl (C=O) groups is 1. The van der Waals surface area contributed by atoms with Crippen LogP contribution in [-0.2, 0) is 12.0 Å². The van der Waals surface area contributed by atoms with Crippen molar-refractivity contribution in [3.63, 3.8) is 0 Å². The van der Waals surface area contributed by atoms with Gasteiger partial charge in [-0.1, -0.05) is 41.9 Å². The quantitative estimate of drug-likeness (QED) is 0.390. The number of aromatic nitrogens is 1. The summed E-state index contributed by atoms with van der Waals surface area (Å²) < 4.78 is 37.1. The summed E-state index contributed by atoms with van der Waals surface area (Å²) in [5.41, 5.74) is 6.37. The van der Waals surface area contributed by atoms with E-state index in [9.17, 15) is 4.79 Å². The van der Waals surface area contributed by atoms with Crippen molar-refractivity contribution in [2.75, 3.05) is 13.6 Å². The largest absolute Gasteiger partial charge is 0.480 e. The van der Waals surface area contributed by atoms with Crippen LogP contribution in [0.1, 0.15) is 21.5 Å². The van der Waals surface area contributed by atoms with E-state index < -0.39 is 23.1 Å². The molecule has 0 spiro atoms. The number of ether oxygens (including phenoxy) is 1. The van der Waals surface area contributed by atoms with Crippen molar-refractivity contribution in [2.24, 2.45) is 5.73 Å². The van der Waals surface area contributed by atoms with Gasteiger partial charge >= 0.3 is 0 Å². The van der Waals surface area contributed by atoms with E-state index in [1.165, 1.54) is 18.2 Å². The molecule has 1 amide bonds. The van der Waals surface area contributed by atoms with E-state index in [0.717, 1.165) is 5.56 Å². The summed E-state index contributed by atoms with van der Waals surface area (Å²) in [5, 5.41) is 3.08. The number of likely N-dealkylation sites (N-methyl/N-ethyl adjacent to an activating group) is 1. The first-order valence-corrected chi connectivity index (χ1v) is 10.7. The van der Waals surface area contributed by atoms with Crippen LogP contribution in [0.15, 0.2) is 54.7 Å². The molecule has 5 rings (SSSR count). The number of H-pyrrole nitrogens is 1. The number of carbonyl (C=O) groups excluding carboxylic acids is 1. The molecular weight excluding hydrogens is 448 g/mol. The number of halogens is 3. The summed E-state index contributed by atoms with van der Waals surface area (Å²) in [5.74, 6) is -2.08. The van der Waals surface area contributed by atoms with Crippen LogP contribution in [0.5, 0.6) is 5.75 Å². The van der Waals surface area contributed by atoms with Crippen molar-refractivity contribution in [1.29, 1.82) is 0 Å². The molecular formula is C25H20ClF2N3O2. The van der Waals surface area contributed by atoms with Crippen molar-refractivity contribution in [1.82, 2.24) is 10.3 Å². The summed E-state index contributed by atoms with van der Waals surface area (Å²) in [4.78, 5) is 15.2. The average Bonchev–Trinajstić information content (AvgIpc) is 3.41. The van der Waals surface area contributed by atoms with E-state index in [1.54, 1.807) is 13.2 Å². The fourth-order valence-electron chi connectivity index (χ4n) is 4.69. The Balaban J connectivity index is 1.80. The Bertz CT molecular complexity index is 1400. The Labute approximate surface area is 193 Å². The fraction of sp³-hybridized carbons (Fsp3) is 0.160. The first-order chi connectivity index (χ1) is 15.9. The van der Waals surface area contributed by atoms with Crippen molar-refractivity contribution < 1.29 is 18.3 Å². The lowest BCUT2D eigenvalue weighted by atomic mass is 9.85. The van der Waals surface area contributed by atoms with Gasteiger partial charge in [0.1, 0.15) is 17.4 Å². The van der Waals surface area contributed by atoms with E-state index in [1.807, 2.05) is 30.3 Å². The van der Waals surface area contributed by atoms with Crippen LogP contribution in [0.25, 0.3) is 22.0 Å². The van der Waals surface area contributed by atoms with Crippen molar-refractivity contribution in [2.45, 2.75) is 12.0 Å². The lowest BCUT2D eigenvalue weighted by molar-refractivity contribution is 0.0940. The molecule has 1 atom stereocenters. The second-order valence-electron chi connectivity index (χ2n) is 8.11. The molecule has 0 saturated carbocycles. The zero-order chi connectivity index (χ0) is 23.3. The van der Waals surface area contributed by atoms with Gasteiger partial charge in [-0.2, -0.15) is 0 Å². The molecule has 1 aliphatic heterocycles. The third-order valence-electron chi connectivity index (χ3n) is 6.12. The average molecular weight is 468 g/mol. The van der Waals surface area contributed by atoms with Gasteiger partial charge < -0.3 is 20.8 Å². The van der Waals surface area contributed by atoms with E-state index in [2.05, 4.69) is 10.3 Å². The Hall–Kier alpha value is -3.42. The number of nitrogens with two attached hydrogens (primary N) is 1. The van der Waals surface area contributed by atoms with Gasteiger partial charge in [0, 0.05) is 52.8 Å². The van der Waals surface area contributed by atoms with Crippen LogP contribution < -0.4 is 15.8 Å². The Morgan fingerprint density at radius 3 is 2.67 bits per heavy atom. The summed E-state index contributed by atoms with van der Waals surface area (Å²) in [6.45, 7) is 0.409. The normalized spacial score (nSPS) is 17.2. The molecule has 0 fully saturated rings. The van der Waals surface area contributed by atoms with Gasteiger partial charge in [-0.05, 0) is 24.7 Å². The summed E-state index contributed by atoms with van der Waals surface area (Å²) >= 11 is 6.43. The number of hydrogen-bond donors (Lipinski definition) is 3. The highest BCUT2D eigenvalue weighted by molar-refractivity contribution is 6.34. The zero-order valence-corrected chi connectivity index (χ0v) is 18.4. The molecule has 1 aliphatic rings. The van der Waals surface area contributed by atoms with E-state index >= 15 is 8.78 Å². The van der Waals surface area contributed by atoms with Gasteiger partial charge in [0.05, 0.1) is 10.6 Å². The van der Waals surface area contributed by atoms with E-state index in [0.29, 0.717) is 17.6 Å². The summed E-state index contributed by atoms with van der Waals surface area (Å²) in [7, 11) is 1.79. The minimum atomic E-state index is -0.869. The molecule has 168 valence electrons. The maximum atomic E-state index is 15.8. The maximum Gasteiger partial charge on any atom is 0.249 e. The molecule has 3 aromatic carbocycles. The van der Waals surface area contributed by atoms with Gasteiger partial charge in [-0.15, -0.1) is 0 Å². The minimum Gasteiger partial charge on any atom is -0.480 e. The predicted octanol–water partition coefficient (Wildman–Crippen LogP) is 4.92. The molecule has 4 N–H and O–H groups in total. The van der Waals surface area contributed by atoms with Gasteiger partial charge in [0.25, 0.3) is 0 Å². The lowest BCUT2D eigenvalue weighted by Gasteiger charge is -2.29. The minimum absolute atomic E-state index is 0.0787. The second kappa shape index (κ2) is 7.86. The molecule has 0 aliphatic carbocycles. The Morgan fingerprint density at radius 1 is 1.21 bits per heavy atom. The number of fused-ring (bicyclic) bond motifs is 2. The van der Waals surface area contributed by atoms with Gasteiger partial charge in [-0.25, -0.2) is 8.78 Å². The fourth-order valence-corrected chi connectivity index (χ4v) is 4.95. The molecule has 1 aromatic heterocycles. The third-order valence-corrected chi connectivity index (χ3v) is 6.49. The molecule has 4 aromatic rings. The highest BCUT2D eigenvalue weighted by atomic mass is 35.5. The molecule has 33 heavy (non-hydrogen) atoms. The maximum absolute atomic E-state index is 15.8. The van der Waals surface area contributed by atoms with Crippen molar-refractivity contribution >= 4 is 28.4 Å². The zero-order valence-electron chi connectivity index (χ0n) is 17.6. The predicted molar refractivity (Wildman–Crippen MR) is 124 cm³/mol. The molecule has 0 bridgehead atoms. The highest BCUT2D eigenvalue weighted by Crippen LogP contribution is 2.50. The number of aromatic amines is 1. The van der Waals surface area contributed by atoms with Gasteiger partial charge in [0.2, 0.25) is 5.91 Å². The molecule has 0 saturated heterocycles. The molecule has 2 heterocycles.